The number of nitrogens with one attached hydrogen (secondary N) is 1. The van der Waals surface area contributed by atoms with Crippen molar-refractivity contribution in [3.63, 3.8) is 0 Å². The van der Waals surface area contributed by atoms with Crippen molar-refractivity contribution in [1.29, 1.82) is 0 Å². The monoisotopic (exact) mass is 307 g/mol. The van der Waals surface area contributed by atoms with E-state index in [9.17, 15) is 4.39 Å². The van der Waals surface area contributed by atoms with Crippen LogP contribution in [0.3, 0.4) is 0 Å². The predicted molar refractivity (Wildman–Crippen MR) is 88.5 cm³/mol. The van der Waals surface area contributed by atoms with Crippen LogP contribution in [-0.2, 0) is 0 Å². The Hall–Kier alpha value is -1.36. The summed E-state index contributed by atoms with van der Waals surface area (Å²) in [5.74, 6) is 1.55. The van der Waals surface area contributed by atoms with Crippen LogP contribution in [0.15, 0.2) is 23.4 Å². The first-order valence-corrected chi connectivity index (χ1v) is 8.57. The molecular weight excluding hydrogens is 285 g/mol. The lowest BCUT2D eigenvalue weighted by Gasteiger charge is -2.10. The highest BCUT2D eigenvalue weighted by atomic mass is 32.2. The van der Waals surface area contributed by atoms with Crippen LogP contribution in [0, 0.1) is 5.82 Å². The fraction of sp³-hybridized carbons (Fsp3) is 0.500. The molecule has 0 amide bonds. The molecule has 0 fully saturated rings. The maximum absolute atomic E-state index is 13.4. The maximum atomic E-state index is 13.4. The third kappa shape index (κ3) is 4.56. The molecule has 1 N–H and O–H groups in total. The van der Waals surface area contributed by atoms with Crippen molar-refractivity contribution >= 4 is 28.5 Å². The van der Waals surface area contributed by atoms with Crippen LogP contribution >= 0.6 is 11.8 Å². The molecular formula is C16H22FN3S. The SMILES string of the molecule is CCCCNc1nc(SCCCC)nc2cc(F)ccc12. The van der Waals surface area contributed by atoms with E-state index in [1.54, 1.807) is 17.8 Å². The van der Waals surface area contributed by atoms with Gasteiger partial charge < -0.3 is 5.32 Å². The summed E-state index contributed by atoms with van der Waals surface area (Å²) >= 11 is 1.63. The van der Waals surface area contributed by atoms with Crippen molar-refractivity contribution in [1.82, 2.24) is 9.97 Å². The van der Waals surface area contributed by atoms with Crippen LogP contribution in [-0.4, -0.2) is 22.3 Å². The largest absolute Gasteiger partial charge is 0.369 e. The molecule has 0 aliphatic carbocycles. The van der Waals surface area contributed by atoms with E-state index in [2.05, 4.69) is 29.1 Å². The van der Waals surface area contributed by atoms with Gasteiger partial charge in [-0.25, -0.2) is 14.4 Å². The molecule has 0 unspecified atom stereocenters. The van der Waals surface area contributed by atoms with E-state index < -0.39 is 0 Å². The molecule has 1 aromatic heterocycles. The first-order valence-electron chi connectivity index (χ1n) is 7.58. The van der Waals surface area contributed by atoms with Gasteiger partial charge in [-0.1, -0.05) is 38.5 Å². The van der Waals surface area contributed by atoms with E-state index in [0.717, 1.165) is 54.3 Å². The molecule has 1 heterocycles. The second-order valence-corrected chi connectivity index (χ2v) is 6.06. The van der Waals surface area contributed by atoms with E-state index >= 15 is 0 Å². The Labute approximate surface area is 129 Å². The summed E-state index contributed by atoms with van der Waals surface area (Å²) < 4.78 is 13.4. The highest BCUT2D eigenvalue weighted by molar-refractivity contribution is 7.99. The highest BCUT2D eigenvalue weighted by Crippen LogP contribution is 2.25. The van der Waals surface area contributed by atoms with Crippen LogP contribution in [0.2, 0.25) is 0 Å². The fourth-order valence-electron chi connectivity index (χ4n) is 1.97. The van der Waals surface area contributed by atoms with Gasteiger partial charge in [0.2, 0.25) is 0 Å². The zero-order valence-corrected chi connectivity index (χ0v) is 13.5. The van der Waals surface area contributed by atoms with Gasteiger partial charge in [-0.05, 0) is 25.0 Å². The van der Waals surface area contributed by atoms with Gasteiger partial charge in [-0.15, -0.1) is 0 Å². The zero-order valence-electron chi connectivity index (χ0n) is 12.7. The van der Waals surface area contributed by atoms with Crippen molar-refractivity contribution in [2.75, 3.05) is 17.6 Å². The molecule has 21 heavy (non-hydrogen) atoms. The molecule has 0 radical (unpaired) electrons. The van der Waals surface area contributed by atoms with Crippen molar-refractivity contribution in [2.45, 2.75) is 44.7 Å². The standard InChI is InChI=1S/C16H22FN3S/c1-3-5-9-18-15-13-8-7-12(17)11-14(13)19-16(20-15)21-10-6-4-2/h7-8,11H,3-6,9-10H2,1-2H3,(H,18,19,20). The molecule has 0 atom stereocenters. The number of rotatable bonds is 8. The smallest absolute Gasteiger partial charge is 0.190 e. The molecule has 114 valence electrons. The third-order valence-electron chi connectivity index (χ3n) is 3.19. The summed E-state index contributed by atoms with van der Waals surface area (Å²) in [7, 11) is 0. The first kappa shape index (κ1) is 16.0. The molecule has 0 saturated carbocycles. The van der Waals surface area contributed by atoms with Crippen molar-refractivity contribution in [3.05, 3.63) is 24.0 Å². The summed E-state index contributed by atoms with van der Waals surface area (Å²) in [6.07, 6.45) is 4.50. The molecule has 0 bridgehead atoms. The van der Waals surface area contributed by atoms with Crippen molar-refractivity contribution < 1.29 is 4.39 Å². The van der Waals surface area contributed by atoms with Crippen LogP contribution < -0.4 is 5.32 Å². The molecule has 0 saturated heterocycles. The molecule has 0 aliphatic heterocycles. The summed E-state index contributed by atoms with van der Waals surface area (Å²) in [6, 6.07) is 4.69. The van der Waals surface area contributed by atoms with Gasteiger partial charge in [0.15, 0.2) is 5.16 Å². The van der Waals surface area contributed by atoms with E-state index in [1.807, 2.05) is 0 Å². The average molecular weight is 307 g/mol. The number of benzene rings is 1. The number of aromatic nitrogens is 2. The Morgan fingerprint density at radius 1 is 1.14 bits per heavy atom. The second-order valence-electron chi connectivity index (χ2n) is 5.00. The fourth-order valence-corrected chi connectivity index (χ4v) is 2.91. The predicted octanol–water partition coefficient (Wildman–Crippen LogP) is 4.87. The summed E-state index contributed by atoms with van der Waals surface area (Å²) in [6.45, 7) is 5.19. The zero-order chi connectivity index (χ0) is 15.1. The lowest BCUT2D eigenvalue weighted by atomic mass is 10.2. The number of thioether (sulfide) groups is 1. The minimum absolute atomic E-state index is 0.259. The Morgan fingerprint density at radius 3 is 2.71 bits per heavy atom. The summed E-state index contributed by atoms with van der Waals surface area (Å²) in [4.78, 5) is 9.06. The third-order valence-corrected chi connectivity index (χ3v) is 4.12. The molecule has 1 aromatic carbocycles. The minimum Gasteiger partial charge on any atom is -0.369 e. The summed E-state index contributed by atoms with van der Waals surface area (Å²) in [5, 5.41) is 4.96. The van der Waals surface area contributed by atoms with Gasteiger partial charge >= 0.3 is 0 Å². The molecule has 0 aliphatic rings. The van der Waals surface area contributed by atoms with E-state index in [1.165, 1.54) is 12.1 Å². The Bertz CT molecular complexity index is 589. The van der Waals surface area contributed by atoms with Crippen molar-refractivity contribution in [2.24, 2.45) is 0 Å². The van der Waals surface area contributed by atoms with Gasteiger partial charge in [0, 0.05) is 23.8 Å². The topological polar surface area (TPSA) is 37.8 Å². The average Bonchev–Trinajstić information content (AvgIpc) is 2.47. The molecule has 5 heteroatoms. The number of hydrogen-bond donors (Lipinski definition) is 1. The lowest BCUT2D eigenvalue weighted by molar-refractivity contribution is 0.629. The van der Waals surface area contributed by atoms with Gasteiger partial charge in [0.05, 0.1) is 5.52 Å². The van der Waals surface area contributed by atoms with Crippen LogP contribution in [0.4, 0.5) is 10.2 Å². The van der Waals surface area contributed by atoms with Gasteiger partial charge in [-0.3, -0.25) is 0 Å². The van der Waals surface area contributed by atoms with Crippen molar-refractivity contribution in [3.8, 4) is 0 Å². The van der Waals surface area contributed by atoms with E-state index in [-0.39, 0.29) is 5.82 Å². The first-order chi connectivity index (χ1) is 10.2. The van der Waals surface area contributed by atoms with E-state index in [4.69, 9.17) is 0 Å². The Balaban J connectivity index is 2.28. The number of nitrogens with zero attached hydrogens (tertiary/aromatic N) is 2. The van der Waals surface area contributed by atoms with Crippen LogP contribution in [0.25, 0.3) is 10.9 Å². The quantitative estimate of drug-likeness (QED) is 0.429. The lowest BCUT2D eigenvalue weighted by Crippen LogP contribution is -2.05. The number of fused-ring (bicyclic) bond motifs is 1. The number of halogens is 1. The van der Waals surface area contributed by atoms with Gasteiger partial charge in [0.1, 0.15) is 11.6 Å². The van der Waals surface area contributed by atoms with Crippen LogP contribution in [0.1, 0.15) is 39.5 Å². The number of unbranched alkanes of at least 4 members (excludes halogenated alkanes) is 2. The normalized spacial score (nSPS) is 11.0. The van der Waals surface area contributed by atoms with Gasteiger partial charge in [0.25, 0.3) is 0 Å². The van der Waals surface area contributed by atoms with E-state index in [0.29, 0.717) is 5.52 Å². The minimum atomic E-state index is -0.259. The molecule has 2 aromatic rings. The Kier molecular flexibility index (Phi) is 6.23. The Morgan fingerprint density at radius 2 is 1.95 bits per heavy atom. The molecule has 0 spiro atoms. The van der Waals surface area contributed by atoms with Crippen LogP contribution in [0.5, 0.6) is 0 Å². The van der Waals surface area contributed by atoms with Gasteiger partial charge in [-0.2, -0.15) is 0 Å². The highest BCUT2D eigenvalue weighted by Gasteiger charge is 2.09. The molecule has 3 nitrogen and oxygen atoms in total. The number of anilines is 1. The molecule has 2 rings (SSSR count). The summed E-state index contributed by atoms with van der Waals surface area (Å²) in [5.41, 5.74) is 0.669. The maximum Gasteiger partial charge on any atom is 0.190 e. The number of hydrogen-bond acceptors (Lipinski definition) is 4. The second kappa shape index (κ2) is 8.17.